The van der Waals surface area contributed by atoms with Crippen LogP contribution in [0.3, 0.4) is 0 Å². The molecule has 0 spiro atoms. The van der Waals surface area contributed by atoms with E-state index >= 15 is 0 Å². The van der Waals surface area contributed by atoms with Crippen LogP contribution in [0.25, 0.3) is 11.3 Å². The monoisotopic (exact) mass is 370 g/mol. The van der Waals surface area contributed by atoms with E-state index in [9.17, 15) is 4.39 Å². The molecule has 1 aliphatic rings. The average molecular weight is 370 g/mol. The number of likely N-dealkylation sites (tertiary alicyclic amines) is 1. The van der Waals surface area contributed by atoms with Gasteiger partial charge in [0.25, 0.3) is 0 Å². The minimum absolute atomic E-state index is 0.150. The molecular formula is C20H23FN4O2. The van der Waals surface area contributed by atoms with Gasteiger partial charge in [-0.3, -0.25) is 10.00 Å². The topological polar surface area (TPSA) is 67.2 Å². The number of H-pyrrole nitrogens is 1. The molecule has 1 aromatic carbocycles. The van der Waals surface area contributed by atoms with E-state index in [1.54, 1.807) is 19.2 Å². The Morgan fingerprint density at radius 2 is 2.11 bits per heavy atom. The maximum Gasteiger partial charge on any atom is 0.137 e. The van der Waals surface area contributed by atoms with Crippen LogP contribution < -0.4 is 0 Å². The molecule has 0 saturated carbocycles. The van der Waals surface area contributed by atoms with Gasteiger partial charge in [0, 0.05) is 56.3 Å². The number of methoxy groups -OCH3 is 1. The van der Waals surface area contributed by atoms with Gasteiger partial charge in [-0.15, -0.1) is 0 Å². The third-order valence-corrected chi connectivity index (χ3v) is 5.14. The lowest BCUT2D eigenvalue weighted by Crippen LogP contribution is -2.23. The van der Waals surface area contributed by atoms with Crippen LogP contribution in [0.15, 0.2) is 41.1 Å². The highest BCUT2D eigenvalue weighted by atomic mass is 19.1. The summed E-state index contributed by atoms with van der Waals surface area (Å²) < 4.78 is 24.3. The van der Waals surface area contributed by atoms with Gasteiger partial charge in [0.15, 0.2) is 0 Å². The number of rotatable bonds is 6. The zero-order valence-corrected chi connectivity index (χ0v) is 15.5. The molecule has 0 unspecified atom stereocenters. The van der Waals surface area contributed by atoms with Gasteiger partial charge < -0.3 is 9.26 Å². The first-order chi connectivity index (χ1) is 13.1. The molecule has 1 fully saturated rings. The van der Waals surface area contributed by atoms with Crippen molar-refractivity contribution in [1.82, 2.24) is 20.3 Å². The largest absolute Gasteiger partial charge is 0.380 e. The van der Waals surface area contributed by atoms with Crippen molar-refractivity contribution in [1.29, 1.82) is 0 Å². The molecule has 3 aromatic rings. The first-order valence-electron chi connectivity index (χ1n) is 9.08. The summed E-state index contributed by atoms with van der Waals surface area (Å²) in [6, 6.07) is 8.45. The highest BCUT2D eigenvalue weighted by Crippen LogP contribution is 2.28. The molecule has 4 rings (SSSR count). The van der Waals surface area contributed by atoms with Crippen LogP contribution in [-0.2, 0) is 17.7 Å². The molecular weight excluding hydrogens is 347 g/mol. The smallest absolute Gasteiger partial charge is 0.137 e. The van der Waals surface area contributed by atoms with Crippen molar-refractivity contribution < 1.29 is 13.7 Å². The Balaban J connectivity index is 1.46. The van der Waals surface area contributed by atoms with Gasteiger partial charge in [-0.05, 0) is 31.2 Å². The summed E-state index contributed by atoms with van der Waals surface area (Å²) >= 11 is 0. The van der Waals surface area contributed by atoms with Crippen molar-refractivity contribution in [2.75, 3.05) is 20.2 Å². The van der Waals surface area contributed by atoms with Gasteiger partial charge in [-0.1, -0.05) is 5.16 Å². The molecule has 0 aliphatic carbocycles. The lowest BCUT2D eigenvalue weighted by atomic mass is 10.0. The molecule has 0 radical (unpaired) electrons. The number of ether oxygens (including phenoxy) is 1. The zero-order valence-electron chi connectivity index (χ0n) is 15.5. The summed E-state index contributed by atoms with van der Waals surface area (Å²) in [5, 5.41) is 11.2. The minimum Gasteiger partial charge on any atom is -0.380 e. The highest BCUT2D eigenvalue weighted by Gasteiger charge is 2.34. The van der Waals surface area contributed by atoms with Gasteiger partial charge in [0.05, 0.1) is 23.7 Å². The van der Waals surface area contributed by atoms with E-state index in [4.69, 9.17) is 9.26 Å². The van der Waals surface area contributed by atoms with Gasteiger partial charge in [-0.25, -0.2) is 4.39 Å². The lowest BCUT2D eigenvalue weighted by Gasteiger charge is -2.15. The van der Waals surface area contributed by atoms with E-state index in [2.05, 4.69) is 20.3 Å². The summed E-state index contributed by atoms with van der Waals surface area (Å²) in [5.41, 5.74) is 3.85. The van der Waals surface area contributed by atoms with Crippen molar-refractivity contribution >= 4 is 0 Å². The maximum absolute atomic E-state index is 13.2. The number of aromatic nitrogens is 3. The minimum atomic E-state index is -0.243. The molecule has 6 nitrogen and oxygen atoms in total. The standard InChI is InChI=1S/C20H23FN4O2/c1-13-7-18(27-24-13)8-15-10-25(12-19(15)26-2)11-16-9-22-23-20(16)14-3-5-17(21)6-4-14/h3-7,9,15,19H,8,10-12H2,1-2H3,(H,22,23)/t15-,19+/m1/s1. The second kappa shape index (κ2) is 7.62. The first-order valence-corrected chi connectivity index (χ1v) is 9.08. The number of hydrogen-bond acceptors (Lipinski definition) is 5. The van der Waals surface area contributed by atoms with Crippen LogP contribution in [0.1, 0.15) is 17.0 Å². The van der Waals surface area contributed by atoms with Crippen LogP contribution in [0, 0.1) is 18.7 Å². The first kappa shape index (κ1) is 17.9. The van der Waals surface area contributed by atoms with Crippen LogP contribution in [-0.4, -0.2) is 46.6 Å². The number of halogens is 1. The molecule has 7 heteroatoms. The number of benzene rings is 1. The molecule has 2 atom stereocenters. The third kappa shape index (κ3) is 3.94. The maximum atomic E-state index is 13.2. The Bertz CT molecular complexity index is 890. The van der Waals surface area contributed by atoms with Gasteiger partial charge in [-0.2, -0.15) is 5.10 Å². The molecule has 1 saturated heterocycles. The van der Waals surface area contributed by atoms with E-state index in [0.717, 1.165) is 54.3 Å². The lowest BCUT2D eigenvalue weighted by molar-refractivity contribution is 0.0762. The van der Waals surface area contributed by atoms with E-state index < -0.39 is 0 Å². The van der Waals surface area contributed by atoms with Gasteiger partial charge in [0.2, 0.25) is 0 Å². The Labute approximate surface area is 157 Å². The highest BCUT2D eigenvalue weighted by molar-refractivity contribution is 5.62. The third-order valence-electron chi connectivity index (χ3n) is 5.14. The van der Waals surface area contributed by atoms with Crippen molar-refractivity contribution in [2.45, 2.75) is 26.0 Å². The van der Waals surface area contributed by atoms with Crippen molar-refractivity contribution in [3.8, 4) is 11.3 Å². The summed E-state index contributed by atoms with van der Waals surface area (Å²) in [4.78, 5) is 2.36. The van der Waals surface area contributed by atoms with Crippen LogP contribution in [0.2, 0.25) is 0 Å². The quantitative estimate of drug-likeness (QED) is 0.722. The second-order valence-corrected chi connectivity index (χ2v) is 7.14. The summed E-state index contributed by atoms with van der Waals surface area (Å²) in [6.45, 7) is 4.45. The number of aromatic amines is 1. The van der Waals surface area contributed by atoms with Crippen LogP contribution in [0.5, 0.6) is 0 Å². The molecule has 1 aliphatic heterocycles. The molecule has 0 amide bonds. The van der Waals surface area contributed by atoms with Crippen molar-refractivity contribution in [3.05, 3.63) is 59.4 Å². The summed E-state index contributed by atoms with van der Waals surface area (Å²) in [7, 11) is 1.76. The second-order valence-electron chi connectivity index (χ2n) is 7.14. The normalized spacial score (nSPS) is 20.4. The zero-order chi connectivity index (χ0) is 18.8. The van der Waals surface area contributed by atoms with E-state index in [-0.39, 0.29) is 11.9 Å². The van der Waals surface area contributed by atoms with Crippen molar-refractivity contribution in [2.24, 2.45) is 5.92 Å². The van der Waals surface area contributed by atoms with Gasteiger partial charge >= 0.3 is 0 Å². The number of aryl methyl sites for hydroxylation is 1. The van der Waals surface area contributed by atoms with E-state index in [0.29, 0.717) is 5.92 Å². The van der Waals surface area contributed by atoms with E-state index in [1.807, 2.05) is 19.2 Å². The molecule has 0 bridgehead atoms. The molecule has 27 heavy (non-hydrogen) atoms. The fourth-order valence-electron chi connectivity index (χ4n) is 3.83. The average Bonchev–Trinajstić information content (AvgIpc) is 3.37. The predicted octanol–water partition coefficient (Wildman–Crippen LogP) is 3.20. The Morgan fingerprint density at radius 3 is 2.81 bits per heavy atom. The molecule has 1 N–H and O–H groups in total. The fourth-order valence-corrected chi connectivity index (χ4v) is 3.83. The van der Waals surface area contributed by atoms with E-state index in [1.165, 1.54) is 12.1 Å². The Kier molecular flexibility index (Phi) is 5.05. The summed E-state index contributed by atoms with van der Waals surface area (Å²) in [5.74, 6) is 1.01. The number of nitrogens with zero attached hydrogens (tertiary/aromatic N) is 3. The van der Waals surface area contributed by atoms with Crippen LogP contribution in [0.4, 0.5) is 4.39 Å². The predicted molar refractivity (Wildman–Crippen MR) is 98.5 cm³/mol. The number of nitrogens with one attached hydrogen (secondary N) is 1. The summed E-state index contributed by atoms with van der Waals surface area (Å²) in [6.07, 6.45) is 2.80. The van der Waals surface area contributed by atoms with Crippen molar-refractivity contribution in [3.63, 3.8) is 0 Å². The van der Waals surface area contributed by atoms with Crippen LogP contribution >= 0.6 is 0 Å². The fraction of sp³-hybridized carbons (Fsp3) is 0.400. The Morgan fingerprint density at radius 1 is 1.30 bits per heavy atom. The number of hydrogen-bond donors (Lipinski definition) is 1. The Hall–Kier alpha value is -2.51. The SMILES string of the molecule is CO[C@H]1CN(Cc2cn[nH]c2-c2ccc(F)cc2)C[C@H]1Cc1cc(C)no1. The molecule has 142 valence electrons. The van der Waals surface area contributed by atoms with Gasteiger partial charge in [0.1, 0.15) is 11.6 Å². The molecule has 2 aromatic heterocycles. The molecule has 3 heterocycles.